The Morgan fingerprint density at radius 1 is 1.06 bits per heavy atom. The number of allylic oxidation sites excluding steroid dienone is 2. The molecule has 31 heavy (non-hydrogen) atoms. The third-order valence-electron chi connectivity index (χ3n) is 5.07. The number of carboxylic acid groups (broad SMARTS) is 1. The highest BCUT2D eigenvalue weighted by molar-refractivity contribution is 7.15. The monoisotopic (exact) mass is 443 g/mol. The quantitative estimate of drug-likeness (QED) is 0.457. The Labute approximate surface area is 184 Å². The minimum Gasteiger partial charge on any atom is -0.494 e. The number of hydrogen-bond acceptors (Lipinski definition) is 6. The smallest absolute Gasteiger partial charge is 0.341 e. The average molecular weight is 444 g/mol. The van der Waals surface area contributed by atoms with Crippen LogP contribution in [0.1, 0.15) is 37.0 Å². The summed E-state index contributed by atoms with van der Waals surface area (Å²) < 4.78 is 10.7. The molecular weight excluding hydrogens is 418 g/mol. The van der Waals surface area contributed by atoms with Gasteiger partial charge in [-0.1, -0.05) is 24.3 Å². The van der Waals surface area contributed by atoms with Gasteiger partial charge in [-0.25, -0.2) is 4.79 Å². The molecule has 1 aliphatic rings. The van der Waals surface area contributed by atoms with Gasteiger partial charge in [-0.3, -0.25) is 9.59 Å². The summed E-state index contributed by atoms with van der Waals surface area (Å²) in [6.07, 6.45) is 4.24. The number of esters is 1. The number of nitrogens with one attached hydrogen (secondary N) is 1. The van der Waals surface area contributed by atoms with E-state index in [0.29, 0.717) is 30.0 Å². The van der Waals surface area contributed by atoms with Gasteiger partial charge in [0.15, 0.2) is 0 Å². The van der Waals surface area contributed by atoms with Crippen molar-refractivity contribution in [3.05, 3.63) is 47.4 Å². The van der Waals surface area contributed by atoms with Crippen LogP contribution in [0.3, 0.4) is 0 Å². The highest BCUT2D eigenvalue weighted by Gasteiger charge is 2.35. The summed E-state index contributed by atoms with van der Waals surface area (Å²) in [6.45, 7) is 4.36. The van der Waals surface area contributed by atoms with E-state index in [2.05, 4.69) is 5.32 Å². The van der Waals surface area contributed by atoms with E-state index in [4.69, 9.17) is 9.47 Å². The van der Waals surface area contributed by atoms with Crippen molar-refractivity contribution in [3.8, 4) is 16.9 Å². The Balaban J connectivity index is 1.91. The maximum atomic E-state index is 12.9. The molecule has 2 N–H and O–H groups in total. The number of carboxylic acids is 1. The molecule has 0 saturated carbocycles. The van der Waals surface area contributed by atoms with Gasteiger partial charge in [0.25, 0.3) is 0 Å². The van der Waals surface area contributed by atoms with Crippen molar-refractivity contribution < 1.29 is 29.0 Å². The number of carbonyl (C=O) groups excluding carboxylic acids is 2. The molecule has 0 saturated heterocycles. The number of anilines is 1. The van der Waals surface area contributed by atoms with E-state index in [0.717, 1.165) is 11.3 Å². The van der Waals surface area contributed by atoms with E-state index in [9.17, 15) is 19.5 Å². The van der Waals surface area contributed by atoms with Crippen LogP contribution in [0.5, 0.6) is 5.75 Å². The van der Waals surface area contributed by atoms with Gasteiger partial charge < -0.3 is 19.9 Å². The van der Waals surface area contributed by atoms with Crippen LogP contribution in [0.4, 0.5) is 5.00 Å². The summed E-state index contributed by atoms with van der Waals surface area (Å²) in [5, 5.41) is 14.4. The highest BCUT2D eigenvalue weighted by atomic mass is 32.1. The predicted molar refractivity (Wildman–Crippen MR) is 119 cm³/mol. The molecule has 2 atom stereocenters. The normalized spacial score (nSPS) is 17.7. The maximum Gasteiger partial charge on any atom is 0.341 e. The predicted octanol–water partition coefficient (Wildman–Crippen LogP) is 4.60. The molecule has 1 aromatic heterocycles. The standard InChI is InChI=1S/C23H25NO6S/c1-3-29-15-11-9-14(10-12-15)18-13-31-21(19(18)23(28)30-4-2)24-20(25)16-7-5-6-8-17(16)22(26)27/h5-6,9-13,16-17H,3-4,7-8H2,1-2H3,(H,24,25)(H,26,27)/t16-,17-/m1/s1. The molecular formula is C23H25NO6S. The van der Waals surface area contributed by atoms with Gasteiger partial charge in [-0.15, -0.1) is 11.3 Å². The molecule has 164 valence electrons. The zero-order chi connectivity index (χ0) is 22.4. The van der Waals surface area contributed by atoms with Crippen LogP contribution >= 0.6 is 11.3 Å². The summed E-state index contributed by atoms with van der Waals surface area (Å²) in [5.74, 6) is -2.73. The van der Waals surface area contributed by atoms with Gasteiger partial charge >= 0.3 is 11.9 Å². The van der Waals surface area contributed by atoms with Crippen LogP contribution < -0.4 is 10.1 Å². The van der Waals surface area contributed by atoms with Crippen molar-refractivity contribution in [2.75, 3.05) is 18.5 Å². The van der Waals surface area contributed by atoms with E-state index in [1.807, 2.05) is 37.3 Å². The van der Waals surface area contributed by atoms with Crippen LogP contribution in [-0.4, -0.2) is 36.2 Å². The fourth-order valence-corrected chi connectivity index (χ4v) is 4.51. The summed E-state index contributed by atoms with van der Waals surface area (Å²) >= 11 is 1.21. The van der Waals surface area contributed by atoms with E-state index in [1.165, 1.54) is 11.3 Å². The molecule has 0 radical (unpaired) electrons. The van der Waals surface area contributed by atoms with Crippen LogP contribution in [0.2, 0.25) is 0 Å². The summed E-state index contributed by atoms with van der Waals surface area (Å²) in [4.78, 5) is 37.2. The Kier molecular flexibility index (Phi) is 7.46. The molecule has 1 aliphatic carbocycles. The first-order valence-electron chi connectivity index (χ1n) is 10.2. The average Bonchev–Trinajstić information content (AvgIpc) is 3.18. The molecule has 0 spiro atoms. The van der Waals surface area contributed by atoms with Gasteiger partial charge in [-0.05, 0) is 44.4 Å². The molecule has 0 fully saturated rings. The van der Waals surface area contributed by atoms with Gasteiger partial charge in [-0.2, -0.15) is 0 Å². The van der Waals surface area contributed by atoms with Crippen molar-refractivity contribution in [1.82, 2.24) is 0 Å². The van der Waals surface area contributed by atoms with E-state index in [1.54, 1.807) is 18.4 Å². The minimum atomic E-state index is -1.00. The SMILES string of the molecule is CCOC(=O)c1c(-c2ccc(OCC)cc2)csc1NC(=O)[C@@H]1CC=CC[C@H]1C(=O)O. The largest absolute Gasteiger partial charge is 0.494 e. The van der Waals surface area contributed by atoms with Gasteiger partial charge in [0, 0.05) is 10.9 Å². The second-order valence-electron chi connectivity index (χ2n) is 7.01. The lowest BCUT2D eigenvalue weighted by Crippen LogP contribution is -2.34. The van der Waals surface area contributed by atoms with Crippen molar-refractivity contribution in [2.45, 2.75) is 26.7 Å². The van der Waals surface area contributed by atoms with Crippen molar-refractivity contribution in [1.29, 1.82) is 0 Å². The summed E-state index contributed by atoms with van der Waals surface area (Å²) in [7, 11) is 0. The van der Waals surface area contributed by atoms with Gasteiger partial charge in [0.2, 0.25) is 5.91 Å². The zero-order valence-electron chi connectivity index (χ0n) is 17.4. The Bertz CT molecular complexity index is 978. The van der Waals surface area contributed by atoms with E-state index >= 15 is 0 Å². The molecule has 1 aromatic carbocycles. The van der Waals surface area contributed by atoms with Crippen molar-refractivity contribution in [3.63, 3.8) is 0 Å². The highest BCUT2D eigenvalue weighted by Crippen LogP contribution is 2.38. The first-order valence-corrected chi connectivity index (χ1v) is 11.0. The van der Waals surface area contributed by atoms with Crippen LogP contribution in [0, 0.1) is 11.8 Å². The second kappa shape index (κ2) is 10.3. The lowest BCUT2D eigenvalue weighted by molar-refractivity contribution is -0.146. The Morgan fingerprint density at radius 3 is 2.35 bits per heavy atom. The molecule has 0 aliphatic heterocycles. The number of thiophene rings is 1. The van der Waals surface area contributed by atoms with E-state index in [-0.39, 0.29) is 12.2 Å². The fourth-order valence-electron chi connectivity index (χ4n) is 3.55. The molecule has 1 heterocycles. The second-order valence-corrected chi connectivity index (χ2v) is 7.89. The van der Waals surface area contributed by atoms with Crippen LogP contribution in [0.15, 0.2) is 41.8 Å². The minimum absolute atomic E-state index is 0.194. The lowest BCUT2D eigenvalue weighted by atomic mass is 9.82. The van der Waals surface area contributed by atoms with Gasteiger partial charge in [0.05, 0.1) is 25.0 Å². The van der Waals surface area contributed by atoms with E-state index < -0.39 is 29.7 Å². The van der Waals surface area contributed by atoms with Crippen LogP contribution in [0.25, 0.3) is 11.1 Å². The first kappa shape index (κ1) is 22.6. The molecule has 2 aromatic rings. The first-order chi connectivity index (χ1) is 15.0. The zero-order valence-corrected chi connectivity index (χ0v) is 18.2. The molecule has 7 nitrogen and oxygen atoms in total. The number of ether oxygens (including phenoxy) is 2. The Hall–Kier alpha value is -3.13. The molecule has 1 amide bonds. The lowest BCUT2D eigenvalue weighted by Gasteiger charge is -2.24. The number of rotatable bonds is 8. The number of aliphatic carboxylic acids is 1. The maximum absolute atomic E-state index is 12.9. The van der Waals surface area contributed by atoms with Crippen LogP contribution in [-0.2, 0) is 14.3 Å². The van der Waals surface area contributed by atoms with Gasteiger partial charge in [0.1, 0.15) is 16.3 Å². The topological polar surface area (TPSA) is 102 Å². The molecule has 8 heteroatoms. The molecule has 3 rings (SSSR count). The number of benzene rings is 1. The number of hydrogen-bond donors (Lipinski definition) is 2. The third kappa shape index (κ3) is 5.14. The fraction of sp³-hybridized carbons (Fsp3) is 0.348. The summed E-state index contributed by atoms with van der Waals surface area (Å²) in [5.41, 5.74) is 1.69. The summed E-state index contributed by atoms with van der Waals surface area (Å²) in [6, 6.07) is 7.31. The molecule has 0 bridgehead atoms. The molecule has 0 unspecified atom stereocenters. The van der Waals surface area contributed by atoms with Crippen molar-refractivity contribution >= 4 is 34.2 Å². The number of carbonyl (C=O) groups is 3. The third-order valence-corrected chi connectivity index (χ3v) is 5.97. The Morgan fingerprint density at radius 2 is 1.74 bits per heavy atom. The number of amides is 1. The van der Waals surface area contributed by atoms with Crippen molar-refractivity contribution in [2.24, 2.45) is 11.8 Å².